The van der Waals surface area contributed by atoms with E-state index in [-0.39, 0.29) is 11.2 Å². The van der Waals surface area contributed by atoms with Crippen molar-refractivity contribution in [3.05, 3.63) is 89.1 Å². The molecule has 4 rings (SSSR count). The zero-order chi connectivity index (χ0) is 20.6. The molecule has 0 aromatic heterocycles. The minimum absolute atomic E-state index is 0.00609. The average Bonchev–Trinajstić information content (AvgIpc) is 3.15. The third-order valence-electron chi connectivity index (χ3n) is 5.67. The van der Waals surface area contributed by atoms with Crippen LogP contribution in [0.25, 0.3) is 0 Å². The predicted octanol–water partition coefficient (Wildman–Crippen LogP) is 5.90. The van der Waals surface area contributed by atoms with Gasteiger partial charge >= 0.3 is 0 Å². The van der Waals surface area contributed by atoms with Crippen molar-refractivity contribution >= 4 is 28.9 Å². The summed E-state index contributed by atoms with van der Waals surface area (Å²) < 4.78 is 0. The van der Waals surface area contributed by atoms with E-state index in [2.05, 4.69) is 80.1 Å². The number of allylic oxidation sites excluding steroid dienone is 5. The second-order valence-electron chi connectivity index (χ2n) is 7.81. The van der Waals surface area contributed by atoms with Gasteiger partial charge in [-0.1, -0.05) is 62.0 Å². The van der Waals surface area contributed by atoms with Crippen LogP contribution in [0.3, 0.4) is 0 Å². The highest BCUT2D eigenvalue weighted by molar-refractivity contribution is 8.03. The van der Waals surface area contributed by atoms with Crippen LogP contribution < -0.4 is 9.80 Å². The van der Waals surface area contributed by atoms with Gasteiger partial charge in [-0.3, -0.25) is 4.79 Å². The van der Waals surface area contributed by atoms with Crippen molar-refractivity contribution in [3.8, 4) is 0 Å². The van der Waals surface area contributed by atoms with Crippen LogP contribution in [0, 0.1) is 0 Å². The van der Waals surface area contributed by atoms with E-state index in [1.54, 1.807) is 23.9 Å². The first-order chi connectivity index (χ1) is 13.9. The normalized spacial score (nSPS) is 20.0. The standard InChI is InChI=1S/C25H26N2OS/c1-5-27-21-14-8-9-15-22(21)29-24(27)17-18(28)11-10-16-23-25(2,3)19-12-6-7-13-20(19)26(23)4/h6-17H,5H2,1-4H3/b11-10+,23-16+,24-17-. The van der Waals surface area contributed by atoms with Gasteiger partial charge in [0, 0.05) is 41.4 Å². The van der Waals surface area contributed by atoms with Gasteiger partial charge in [0.25, 0.3) is 0 Å². The smallest absolute Gasteiger partial charge is 0.181 e. The van der Waals surface area contributed by atoms with Crippen LogP contribution in [-0.4, -0.2) is 19.4 Å². The highest BCUT2D eigenvalue weighted by atomic mass is 32.2. The fourth-order valence-corrected chi connectivity index (χ4v) is 5.36. The number of carbonyl (C=O) groups is 1. The number of carbonyl (C=O) groups excluding carboxylic acids is 1. The number of nitrogens with zero attached hydrogens (tertiary/aromatic N) is 2. The Labute approximate surface area is 177 Å². The Hall–Kier alpha value is -2.72. The van der Waals surface area contributed by atoms with Gasteiger partial charge in [0.15, 0.2) is 5.78 Å². The van der Waals surface area contributed by atoms with E-state index >= 15 is 0 Å². The highest BCUT2D eigenvalue weighted by Gasteiger charge is 2.37. The largest absolute Gasteiger partial charge is 0.347 e. The molecule has 0 radical (unpaired) electrons. The molecule has 0 atom stereocenters. The van der Waals surface area contributed by atoms with Gasteiger partial charge in [-0.15, -0.1) is 0 Å². The fourth-order valence-electron chi connectivity index (χ4n) is 4.19. The summed E-state index contributed by atoms with van der Waals surface area (Å²) >= 11 is 1.66. The van der Waals surface area contributed by atoms with Gasteiger partial charge in [-0.25, -0.2) is 0 Å². The summed E-state index contributed by atoms with van der Waals surface area (Å²) in [5.74, 6) is 0.00609. The summed E-state index contributed by atoms with van der Waals surface area (Å²) in [6.45, 7) is 7.40. The summed E-state index contributed by atoms with van der Waals surface area (Å²) in [6.07, 6.45) is 7.33. The number of fused-ring (bicyclic) bond motifs is 2. The maximum atomic E-state index is 12.6. The van der Waals surface area contributed by atoms with Gasteiger partial charge < -0.3 is 9.80 Å². The third kappa shape index (κ3) is 3.42. The first-order valence-corrected chi connectivity index (χ1v) is 10.8. The lowest BCUT2D eigenvalue weighted by molar-refractivity contribution is -0.110. The number of rotatable bonds is 4. The number of hydrogen-bond donors (Lipinski definition) is 0. The van der Waals surface area contributed by atoms with Crippen LogP contribution in [0.15, 0.2) is 88.5 Å². The van der Waals surface area contributed by atoms with Gasteiger partial charge in [-0.2, -0.15) is 0 Å². The number of thioether (sulfide) groups is 1. The molecule has 0 saturated carbocycles. The van der Waals surface area contributed by atoms with Crippen molar-refractivity contribution in [1.29, 1.82) is 0 Å². The number of hydrogen-bond acceptors (Lipinski definition) is 4. The first kappa shape index (κ1) is 19.6. The van der Waals surface area contributed by atoms with E-state index in [0.717, 1.165) is 11.6 Å². The van der Waals surface area contributed by atoms with Crippen LogP contribution in [-0.2, 0) is 10.2 Å². The lowest BCUT2D eigenvalue weighted by Gasteiger charge is -2.23. The fraction of sp³-hybridized carbons (Fsp3) is 0.240. The number of benzene rings is 2. The maximum absolute atomic E-state index is 12.6. The van der Waals surface area contributed by atoms with Crippen molar-refractivity contribution in [3.63, 3.8) is 0 Å². The SMILES string of the molecule is CCN1/C(=C/C(=O)/C=C/C=C2/N(C)c3ccccc3C2(C)C)Sc2ccccc21. The molecular weight excluding hydrogens is 376 g/mol. The van der Waals surface area contributed by atoms with E-state index < -0.39 is 0 Å². The quantitative estimate of drug-likeness (QED) is 0.594. The molecule has 2 aromatic rings. The topological polar surface area (TPSA) is 23.6 Å². The molecule has 2 aromatic carbocycles. The van der Waals surface area contributed by atoms with Gasteiger partial charge in [0.2, 0.25) is 0 Å². The molecular formula is C25H26N2OS. The van der Waals surface area contributed by atoms with E-state index in [1.165, 1.54) is 27.5 Å². The van der Waals surface area contributed by atoms with Crippen molar-refractivity contribution in [2.24, 2.45) is 0 Å². The Morgan fingerprint density at radius 2 is 1.76 bits per heavy atom. The van der Waals surface area contributed by atoms with E-state index in [1.807, 2.05) is 18.2 Å². The molecule has 0 fully saturated rings. The van der Waals surface area contributed by atoms with Crippen molar-refractivity contribution in [2.75, 3.05) is 23.4 Å². The summed E-state index contributed by atoms with van der Waals surface area (Å²) in [7, 11) is 2.09. The summed E-state index contributed by atoms with van der Waals surface area (Å²) in [5.41, 5.74) is 4.82. The Morgan fingerprint density at radius 1 is 1.07 bits per heavy atom. The Morgan fingerprint density at radius 3 is 2.48 bits per heavy atom. The molecule has 148 valence electrons. The molecule has 2 aliphatic heterocycles. The molecule has 0 unspecified atom stereocenters. The zero-order valence-electron chi connectivity index (χ0n) is 17.3. The molecule has 3 nitrogen and oxygen atoms in total. The Balaban J connectivity index is 1.53. The molecule has 0 aliphatic carbocycles. The molecule has 0 amide bonds. The minimum Gasteiger partial charge on any atom is -0.347 e. The maximum Gasteiger partial charge on any atom is 0.181 e. The Bertz CT molecular complexity index is 1050. The Kier molecular flexibility index (Phi) is 5.13. The average molecular weight is 403 g/mol. The van der Waals surface area contributed by atoms with E-state index in [0.29, 0.717) is 0 Å². The molecule has 4 heteroatoms. The molecule has 0 bridgehead atoms. The lowest BCUT2D eigenvalue weighted by Crippen LogP contribution is -2.22. The second-order valence-corrected chi connectivity index (χ2v) is 8.87. The second kappa shape index (κ2) is 7.60. The number of anilines is 2. The molecule has 2 heterocycles. The zero-order valence-corrected chi connectivity index (χ0v) is 18.2. The predicted molar refractivity (Wildman–Crippen MR) is 124 cm³/mol. The van der Waals surface area contributed by atoms with Gasteiger partial charge in [0.05, 0.1) is 10.7 Å². The van der Waals surface area contributed by atoms with Crippen LogP contribution >= 0.6 is 11.8 Å². The molecule has 0 N–H and O–H groups in total. The van der Waals surface area contributed by atoms with Crippen molar-refractivity contribution < 1.29 is 4.79 Å². The van der Waals surface area contributed by atoms with Crippen LogP contribution in [0.1, 0.15) is 26.3 Å². The van der Waals surface area contributed by atoms with Crippen molar-refractivity contribution in [2.45, 2.75) is 31.1 Å². The molecule has 0 spiro atoms. The summed E-state index contributed by atoms with van der Waals surface area (Å²) in [4.78, 5) is 18.2. The van der Waals surface area contributed by atoms with E-state index in [9.17, 15) is 4.79 Å². The van der Waals surface area contributed by atoms with Crippen molar-refractivity contribution in [1.82, 2.24) is 0 Å². The lowest BCUT2D eigenvalue weighted by atomic mass is 9.84. The minimum atomic E-state index is -0.0842. The molecule has 0 saturated heterocycles. The first-order valence-electron chi connectivity index (χ1n) is 9.95. The van der Waals surface area contributed by atoms with Gasteiger partial charge in [0.1, 0.15) is 0 Å². The molecule has 29 heavy (non-hydrogen) atoms. The third-order valence-corrected chi connectivity index (χ3v) is 6.79. The van der Waals surface area contributed by atoms with Crippen LogP contribution in [0.5, 0.6) is 0 Å². The van der Waals surface area contributed by atoms with Crippen LogP contribution in [0.4, 0.5) is 11.4 Å². The summed E-state index contributed by atoms with van der Waals surface area (Å²) in [5, 5.41) is 0.988. The monoisotopic (exact) mass is 402 g/mol. The number of para-hydroxylation sites is 2. The summed E-state index contributed by atoms with van der Waals surface area (Å²) in [6, 6.07) is 16.8. The molecule has 2 aliphatic rings. The number of likely N-dealkylation sites (N-methyl/N-ethyl adjacent to an activating group) is 1. The van der Waals surface area contributed by atoms with Gasteiger partial charge in [-0.05, 0) is 42.8 Å². The highest BCUT2D eigenvalue weighted by Crippen LogP contribution is 2.47. The van der Waals surface area contributed by atoms with Crippen LogP contribution in [0.2, 0.25) is 0 Å². The number of ketones is 1. The van der Waals surface area contributed by atoms with E-state index in [4.69, 9.17) is 0 Å².